The van der Waals surface area contributed by atoms with Crippen LogP contribution in [0.3, 0.4) is 0 Å². The summed E-state index contributed by atoms with van der Waals surface area (Å²) in [6.45, 7) is 1.58. The van der Waals surface area contributed by atoms with Crippen molar-refractivity contribution in [2.45, 2.75) is 6.92 Å². The van der Waals surface area contributed by atoms with E-state index in [0.717, 1.165) is 28.4 Å². The van der Waals surface area contributed by atoms with E-state index in [-0.39, 0.29) is 5.91 Å². The van der Waals surface area contributed by atoms with Crippen LogP contribution in [0.25, 0.3) is 0 Å². The number of hydrogen-bond donors (Lipinski definition) is 0. The van der Waals surface area contributed by atoms with Gasteiger partial charge in [0, 0.05) is 35.4 Å². The predicted octanol–water partition coefficient (Wildman–Crippen LogP) is 6.84. The lowest BCUT2D eigenvalue weighted by atomic mass is 10.1. The molecule has 3 nitrogen and oxygen atoms in total. The molecule has 0 atom stereocenters. The van der Waals surface area contributed by atoms with Crippen LogP contribution in [0.5, 0.6) is 0 Å². The Kier molecular flexibility index (Phi) is 5.39. The third-order valence-corrected chi connectivity index (χ3v) is 4.72. The molecule has 0 aliphatic heterocycles. The largest absolute Gasteiger partial charge is 0.311 e. The van der Waals surface area contributed by atoms with Crippen LogP contribution in [0.2, 0.25) is 0 Å². The van der Waals surface area contributed by atoms with Gasteiger partial charge in [0.15, 0.2) is 0 Å². The Labute approximate surface area is 171 Å². The van der Waals surface area contributed by atoms with Gasteiger partial charge in [-0.3, -0.25) is 9.69 Å². The van der Waals surface area contributed by atoms with Crippen molar-refractivity contribution in [1.82, 2.24) is 0 Å². The van der Waals surface area contributed by atoms with Crippen LogP contribution in [0.15, 0.2) is 115 Å². The van der Waals surface area contributed by atoms with Gasteiger partial charge in [-0.1, -0.05) is 54.6 Å². The maximum atomic E-state index is 12.3. The van der Waals surface area contributed by atoms with Crippen molar-refractivity contribution in [2.75, 3.05) is 9.80 Å². The molecule has 29 heavy (non-hydrogen) atoms. The average molecular weight is 378 g/mol. The molecule has 0 fully saturated rings. The number of anilines is 5. The van der Waals surface area contributed by atoms with Gasteiger partial charge in [-0.25, -0.2) is 0 Å². The first-order chi connectivity index (χ1) is 14.2. The van der Waals surface area contributed by atoms with E-state index in [1.807, 2.05) is 91.0 Å². The van der Waals surface area contributed by atoms with Crippen LogP contribution in [-0.2, 0) is 4.79 Å². The SMILES string of the molecule is CC(=O)N(c1ccccc1)c1ccc(N(c2ccccc2)c2ccccc2)cc1. The van der Waals surface area contributed by atoms with E-state index in [1.165, 1.54) is 0 Å². The number of carbonyl (C=O) groups excluding carboxylic acids is 1. The van der Waals surface area contributed by atoms with Crippen molar-refractivity contribution in [3.8, 4) is 0 Å². The van der Waals surface area contributed by atoms with Gasteiger partial charge in [0.05, 0.1) is 0 Å². The summed E-state index contributed by atoms with van der Waals surface area (Å²) in [6, 6.07) is 38.3. The van der Waals surface area contributed by atoms with Gasteiger partial charge in [-0.2, -0.15) is 0 Å². The number of para-hydroxylation sites is 3. The molecule has 3 heteroatoms. The van der Waals surface area contributed by atoms with Gasteiger partial charge in [0.25, 0.3) is 0 Å². The number of benzene rings is 4. The fourth-order valence-corrected chi connectivity index (χ4v) is 3.44. The summed E-state index contributed by atoms with van der Waals surface area (Å²) >= 11 is 0. The summed E-state index contributed by atoms with van der Waals surface area (Å²) in [6.07, 6.45) is 0. The molecule has 4 aromatic carbocycles. The lowest BCUT2D eigenvalue weighted by Gasteiger charge is -2.27. The van der Waals surface area contributed by atoms with E-state index in [2.05, 4.69) is 29.2 Å². The standard InChI is InChI=1S/C26H22N2O/c1-21(29)27(22-11-5-2-6-12-22)25-17-19-26(20-18-25)28(23-13-7-3-8-14-23)24-15-9-4-10-16-24/h2-20H,1H3. The highest BCUT2D eigenvalue weighted by Crippen LogP contribution is 2.35. The summed E-state index contributed by atoms with van der Waals surface area (Å²) in [7, 11) is 0. The zero-order valence-corrected chi connectivity index (χ0v) is 16.3. The van der Waals surface area contributed by atoms with E-state index in [0.29, 0.717) is 0 Å². The van der Waals surface area contributed by atoms with Crippen molar-refractivity contribution in [3.63, 3.8) is 0 Å². The zero-order valence-electron chi connectivity index (χ0n) is 16.3. The van der Waals surface area contributed by atoms with Gasteiger partial charge in [-0.05, 0) is 60.7 Å². The lowest BCUT2D eigenvalue weighted by Crippen LogP contribution is -2.22. The second-order valence-electron chi connectivity index (χ2n) is 6.71. The Morgan fingerprint density at radius 1 is 0.483 bits per heavy atom. The van der Waals surface area contributed by atoms with E-state index in [9.17, 15) is 4.79 Å². The second kappa shape index (κ2) is 8.44. The van der Waals surface area contributed by atoms with Crippen LogP contribution in [0, 0.1) is 0 Å². The first-order valence-electron chi connectivity index (χ1n) is 9.60. The molecular formula is C26H22N2O. The summed E-state index contributed by atoms with van der Waals surface area (Å²) in [4.78, 5) is 16.2. The van der Waals surface area contributed by atoms with Crippen molar-refractivity contribution in [3.05, 3.63) is 115 Å². The van der Waals surface area contributed by atoms with Crippen LogP contribution in [0.4, 0.5) is 28.4 Å². The number of carbonyl (C=O) groups is 1. The fraction of sp³-hybridized carbons (Fsp3) is 0.0385. The number of hydrogen-bond acceptors (Lipinski definition) is 2. The van der Waals surface area contributed by atoms with Gasteiger partial charge in [-0.15, -0.1) is 0 Å². The van der Waals surface area contributed by atoms with Gasteiger partial charge >= 0.3 is 0 Å². The summed E-state index contributed by atoms with van der Waals surface area (Å²) in [5.74, 6) is -0.0214. The zero-order chi connectivity index (χ0) is 20.1. The molecule has 0 spiro atoms. The van der Waals surface area contributed by atoms with Gasteiger partial charge in [0.2, 0.25) is 5.91 Å². The average Bonchev–Trinajstić information content (AvgIpc) is 2.77. The van der Waals surface area contributed by atoms with Crippen molar-refractivity contribution in [2.24, 2.45) is 0 Å². The highest BCUT2D eigenvalue weighted by molar-refractivity contribution is 5.99. The molecule has 0 saturated heterocycles. The number of nitrogens with zero attached hydrogens (tertiary/aromatic N) is 2. The Balaban J connectivity index is 1.74. The highest BCUT2D eigenvalue weighted by Gasteiger charge is 2.16. The molecular weight excluding hydrogens is 356 g/mol. The molecule has 0 aliphatic carbocycles. The van der Waals surface area contributed by atoms with Crippen LogP contribution in [-0.4, -0.2) is 5.91 Å². The predicted molar refractivity (Wildman–Crippen MR) is 120 cm³/mol. The molecule has 0 bridgehead atoms. The minimum Gasteiger partial charge on any atom is -0.311 e. The van der Waals surface area contributed by atoms with Crippen molar-refractivity contribution >= 4 is 34.3 Å². The third-order valence-electron chi connectivity index (χ3n) is 4.72. The molecule has 4 rings (SSSR count). The minimum absolute atomic E-state index is 0.0214. The Hall–Kier alpha value is -3.85. The molecule has 4 aromatic rings. The minimum atomic E-state index is -0.0214. The van der Waals surface area contributed by atoms with Crippen LogP contribution >= 0.6 is 0 Å². The van der Waals surface area contributed by atoms with Crippen LogP contribution < -0.4 is 9.80 Å². The smallest absolute Gasteiger partial charge is 0.228 e. The fourth-order valence-electron chi connectivity index (χ4n) is 3.44. The summed E-state index contributed by atoms with van der Waals surface area (Å²) in [5.41, 5.74) is 4.89. The highest BCUT2D eigenvalue weighted by atomic mass is 16.2. The summed E-state index contributed by atoms with van der Waals surface area (Å²) < 4.78 is 0. The maximum Gasteiger partial charge on any atom is 0.228 e. The molecule has 1 amide bonds. The van der Waals surface area contributed by atoms with E-state index >= 15 is 0 Å². The molecule has 0 unspecified atom stereocenters. The number of rotatable bonds is 5. The van der Waals surface area contributed by atoms with E-state index in [4.69, 9.17) is 0 Å². The van der Waals surface area contributed by atoms with Crippen molar-refractivity contribution in [1.29, 1.82) is 0 Å². The van der Waals surface area contributed by atoms with Crippen LogP contribution in [0.1, 0.15) is 6.92 Å². The normalized spacial score (nSPS) is 10.4. The quantitative estimate of drug-likeness (QED) is 0.379. The van der Waals surface area contributed by atoms with Gasteiger partial charge < -0.3 is 4.90 Å². The molecule has 0 aliphatic rings. The topological polar surface area (TPSA) is 23.6 Å². The molecule has 0 heterocycles. The van der Waals surface area contributed by atoms with Crippen molar-refractivity contribution < 1.29 is 4.79 Å². The lowest BCUT2D eigenvalue weighted by molar-refractivity contribution is -0.115. The van der Waals surface area contributed by atoms with E-state index in [1.54, 1.807) is 11.8 Å². The molecule has 0 radical (unpaired) electrons. The Morgan fingerprint density at radius 3 is 1.21 bits per heavy atom. The summed E-state index contributed by atoms with van der Waals surface area (Å²) in [5, 5.41) is 0. The Bertz CT molecular complexity index is 1020. The molecule has 0 aromatic heterocycles. The molecule has 0 N–H and O–H groups in total. The first kappa shape index (κ1) is 18.5. The third kappa shape index (κ3) is 4.04. The van der Waals surface area contributed by atoms with Gasteiger partial charge in [0.1, 0.15) is 0 Å². The Morgan fingerprint density at radius 2 is 0.793 bits per heavy atom. The monoisotopic (exact) mass is 378 g/mol. The second-order valence-corrected chi connectivity index (χ2v) is 6.71. The van der Waals surface area contributed by atoms with E-state index < -0.39 is 0 Å². The maximum absolute atomic E-state index is 12.3. The molecule has 0 saturated carbocycles. The molecule has 142 valence electrons. The first-order valence-corrected chi connectivity index (χ1v) is 9.60. The number of amides is 1.